The summed E-state index contributed by atoms with van der Waals surface area (Å²) in [4.78, 5) is 21.2. The molecule has 176 valence electrons. The molecule has 0 amide bonds. The minimum Gasteiger partial charge on any atom is -0.493 e. The van der Waals surface area contributed by atoms with Crippen LogP contribution >= 0.6 is 0 Å². The molecule has 1 rings (SSSR count). The molecule has 0 aliphatic rings. The van der Waals surface area contributed by atoms with Crippen molar-refractivity contribution in [3.63, 3.8) is 0 Å². The van der Waals surface area contributed by atoms with Gasteiger partial charge in [-0.15, -0.1) is 0 Å². The van der Waals surface area contributed by atoms with Crippen molar-refractivity contribution in [3.05, 3.63) is 29.3 Å². The van der Waals surface area contributed by atoms with Crippen LogP contribution in [0.3, 0.4) is 0 Å². The number of hydrogen-bond acceptors (Lipinski definition) is 3. The fourth-order valence-corrected chi connectivity index (χ4v) is 3.68. The van der Waals surface area contributed by atoms with E-state index in [9.17, 15) is 9.59 Å². The van der Waals surface area contributed by atoms with Crippen LogP contribution in [0.15, 0.2) is 18.2 Å². The number of carbonyl (C=O) groups is 2. The van der Waals surface area contributed by atoms with Crippen LogP contribution < -0.4 is 4.74 Å². The maximum Gasteiger partial charge on any atom is 0.303 e. The van der Waals surface area contributed by atoms with Gasteiger partial charge in [0.25, 0.3) is 0 Å². The lowest BCUT2D eigenvalue weighted by Gasteiger charge is -2.14. The third-order valence-electron chi connectivity index (χ3n) is 5.43. The van der Waals surface area contributed by atoms with Gasteiger partial charge in [-0.2, -0.15) is 0 Å². The normalized spacial score (nSPS) is 11.1. The van der Waals surface area contributed by atoms with Gasteiger partial charge >= 0.3 is 11.9 Å². The van der Waals surface area contributed by atoms with Crippen molar-refractivity contribution in [1.82, 2.24) is 0 Å². The first-order valence-electron chi connectivity index (χ1n) is 12.1. The van der Waals surface area contributed by atoms with Crippen LogP contribution in [0.1, 0.15) is 102 Å². The molecule has 0 unspecified atom stereocenters. The molecule has 1 aromatic rings. The van der Waals surface area contributed by atoms with E-state index in [-0.39, 0.29) is 12.8 Å². The second kappa shape index (κ2) is 16.6. The second-order valence-corrected chi connectivity index (χ2v) is 8.96. The van der Waals surface area contributed by atoms with E-state index in [1.165, 1.54) is 11.1 Å². The lowest BCUT2D eigenvalue weighted by molar-refractivity contribution is -0.138. The van der Waals surface area contributed by atoms with Gasteiger partial charge in [-0.1, -0.05) is 58.4 Å². The SMILES string of the molecule is CC(C)COc1ccc(CCCCCCCC(=O)O)c(CCCCCCCC(=O)O)c1. The first-order chi connectivity index (χ1) is 14.9. The number of aliphatic carboxylic acids is 2. The molecule has 31 heavy (non-hydrogen) atoms. The molecule has 0 bridgehead atoms. The summed E-state index contributed by atoms with van der Waals surface area (Å²) in [5.74, 6) is 0.0358. The zero-order chi connectivity index (χ0) is 22.9. The Morgan fingerprint density at radius 3 is 1.74 bits per heavy atom. The van der Waals surface area contributed by atoms with Gasteiger partial charge in [-0.3, -0.25) is 9.59 Å². The Morgan fingerprint density at radius 1 is 0.742 bits per heavy atom. The highest BCUT2D eigenvalue weighted by Crippen LogP contribution is 2.23. The summed E-state index contributed by atoms with van der Waals surface area (Å²) < 4.78 is 5.93. The van der Waals surface area contributed by atoms with E-state index in [1.54, 1.807) is 0 Å². The summed E-state index contributed by atoms with van der Waals surface area (Å²) in [6, 6.07) is 6.50. The van der Waals surface area contributed by atoms with Crippen LogP contribution in [0.5, 0.6) is 5.75 Å². The molecule has 0 saturated carbocycles. The monoisotopic (exact) mass is 434 g/mol. The summed E-state index contributed by atoms with van der Waals surface area (Å²) in [5.41, 5.74) is 2.77. The largest absolute Gasteiger partial charge is 0.493 e. The maximum absolute atomic E-state index is 10.6. The zero-order valence-electron chi connectivity index (χ0n) is 19.5. The lowest BCUT2D eigenvalue weighted by atomic mass is 9.96. The van der Waals surface area contributed by atoms with E-state index in [1.807, 2.05) is 0 Å². The van der Waals surface area contributed by atoms with Gasteiger partial charge in [0.05, 0.1) is 6.61 Å². The summed E-state index contributed by atoms with van der Waals surface area (Å²) in [5, 5.41) is 17.4. The van der Waals surface area contributed by atoms with Crippen molar-refractivity contribution in [3.8, 4) is 5.75 Å². The first kappa shape index (κ1) is 27.0. The highest BCUT2D eigenvalue weighted by Gasteiger charge is 2.07. The molecule has 5 nitrogen and oxygen atoms in total. The average molecular weight is 435 g/mol. The topological polar surface area (TPSA) is 83.8 Å². The van der Waals surface area contributed by atoms with Gasteiger partial charge in [-0.25, -0.2) is 0 Å². The molecular formula is C26H42O5. The van der Waals surface area contributed by atoms with Crippen LogP contribution in [0.4, 0.5) is 0 Å². The molecule has 0 saturated heterocycles. The average Bonchev–Trinajstić information content (AvgIpc) is 2.71. The van der Waals surface area contributed by atoms with E-state index in [0.717, 1.165) is 89.4 Å². The van der Waals surface area contributed by atoms with E-state index in [4.69, 9.17) is 14.9 Å². The van der Waals surface area contributed by atoms with Crippen molar-refractivity contribution in [2.75, 3.05) is 6.61 Å². The van der Waals surface area contributed by atoms with Gasteiger partial charge in [0, 0.05) is 12.8 Å². The van der Waals surface area contributed by atoms with Crippen molar-refractivity contribution in [1.29, 1.82) is 0 Å². The number of carboxylic acid groups (broad SMARTS) is 2. The van der Waals surface area contributed by atoms with Gasteiger partial charge in [0.15, 0.2) is 0 Å². The Labute approximate surface area is 188 Å². The summed E-state index contributed by atoms with van der Waals surface area (Å²) in [6.45, 7) is 5.02. The number of unbranched alkanes of at least 4 members (excludes halogenated alkanes) is 8. The molecule has 0 aliphatic heterocycles. The molecule has 0 aromatic heterocycles. The Kier molecular flexibility index (Phi) is 14.5. The standard InChI is InChI=1S/C26H42O5/c1-21(2)20-31-24-18-17-22(13-9-5-3-7-11-15-25(27)28)23(19-24)14-10-6-4-8-12-16-26(29)30/h17-19,21H,3-16,20H2,1-2H3,(H,27,28)(H,29,30). The molecule has 0 radical (unpaired) electrons. The summed E-state index contributed by atoms with van der Waals surface area (Å²) in [7, 11) is 0. The smallest absolute Gasteiger partial charge is 0.303 e. The maximum atomic E-state index is 10.6. The fraction of sp³-hybridized carbons (Fsp3) is 0.692. The van der Waals surface area contributed by atoms with Crippen LogP contribution in [0.2, 0.25) is 0 Å². The van der Waals surface area contributed by atoms with E-state index >= 15 is 0 Å². The number of rotatable bonds is 19. The van der Waals surface area contributed by atoms with Crippen LogP contribution in [-0.4, -0.2) is 28.8 Å². The molecule has 1 aromatic carbocycles. The van der Waals surface area contributed by atoms with Gasteiger partial charge in [0.1, 0.15) is 5.75 Å². The Hall–Kier alpha value is -2.04. The Balaban J connectivity index is 2.46. The molecule has 0 atom stereocenters. The van der Waals surface area contributed by atoms with Crippen molar-refractivity contribution < 1.29 is 24.5 Å². The fourth-order valence-electron chi connectivity index (χ4n) is 3.68. The minimum absolute atomic E-state index is 0.274. The summed E-state index contributed by atoms with van der Waals surface area (Å²) >= 11 is 0. The first-order valence-corrected chi connectivity index (χ1v) is 12.1. The van der Waals surface area contributed by atoms with Crippen molar-refractivity contribution in [2.24, 2.45) is 5.92 Å². The van der Waals surface area contributed by atoms with Crippen LogP contribution in [0.25, 0.3) is 0 Å². The van der Waals surface area contributed by atoms with Gasteiger partial charge in [0.2, 0.25) is 0 Å². The van der Waals surface area contributed by atoms with E-state index in [0.29, 0.717) is 5.92 Å². The third kappa shape index (κ3) is 14.6. The number of benzene rings is 1. The number of aryl methyl sites for hydroxylation is 2. The molecule has 5 heteroatoms. The number of ether oxygens (including phenoxy) is 1. The Morgan fingerprint density at radius 2 is 1.23 bits per heavy atom. The number of hydrogen-bond donors (Lipinski definition) is 2. The van der Waals surface area contributed by atoms with E-state index in [2.05, 4.69) is 32.0 Å². The predicted molar refractivity (Wildman–Crippen MR) is 125 cm³/mol. The zero-order valence-corrected chi connectivity index (χ0v) is 19.5. The van der Waals surface area contributed by atoms with Gasteiger partial charge < -0.3 is 14.9 Å². The predicted octanol–water partition coefficient (Wildman–Crippen LogP) is 6.66. The molecule has 0 spiro atoms. The minimum atomic E-state index is -0.704. The highest BCUT2D eigenvalue weighted by molar-refractivity contribution is 5.66. The van der Waals surface area contributed by atoms with Gasteiger partial charge in [-0.05, 0) is 67.7 Å². The lowest BCUT2D eigenvalue weighted by Crippen LogP contribution is -2.05. The molecule has 2 N–H and O–H groups in total. The summed E-state index contributed by atoms with van der Waals surface area (Å²) in [6.07, 6.45) is 12.8. The van der Waals surface area contributed by atoms with Crippen LogP contribution in [-0.2, 0) is 22.4 Å². The third-order valence-corrected chi connectivity index (χ3v) is 5.43. The molecule has 0 heterocycles. The number of carboxylic acids is 2. The van der Waals surface area contributed by atoms with Crippen LogP contribution in [0, 0.1) is 5.92 Å². The molecule has 0 fully saturated rings. The van der Waals surface area contributed by atoms with E-state index < -0.39 is 11.9 Å². The molecule has 0 aliphatic carbocycles. The Bertz CT molecular complexity index is 639. The second-order valence-electron chi connectivity index (χ2n) is 8.96. The highest BCUT2D eigenvalue weighted by atomic mass is 16.5. The van der Waals surface area contributed by atoms with Crippen molar-refractivity contribution in [2.45, 2.75) is 104 Å². The quantitative estimate of drug-likeness (QED) is 0.238. The van der Waals surface area contributed by atoms with Crippen molar-refractivity contribution >= 4 is 11.9 Å². The molecular weight excluding hydrogens is 392 g/mol.